The molecule has 198 valence electrons. The van der Waals surface area contributed by atoms with Gasteiger partial charge in [-0.05, 0) is 43.9 Å². The van der Waals surface area contributed by atoms with Gasteiger partial charge in [0.1, 0.15) is 17.1 Å². The quantitative estimate of drug-likeness (QED) is 0.264. The van der Waals surface area contributed by atoms with Gasteiger partial charge in [0.2, 0.25) is 0 Å². The van der Waals surface area contributed by atoms with E-state index < -0.39 is 57.5 Å². The Hall–Kier alpha value is -2.24. The molecular formula is C25H29F6N3OS. The average molecular weight is 534 g/mol. The van der Waals surface area contributed by atoms with E-state index in [1.807, 2.05) is 0 Å². The first-order valence-electron chi connectivity index (χ1n) is 11.2. The lowest BCUT2D eigenvalue weighted by Gasteiger charge is -2.32. The molecule has 2 aromatic heterocycles. The van der Waals surface area contributed by atoms with Crippen molar-refractivity contribution in [3.05, 3.63) is 64.9 Å². The van der Waals surface area contributed by atoms with Crippen molar-refractivity contribution in [3.63, 3.8) is 0 Å². The second-order valence-electron chi connectivity index (χ2n) is 10.8. The molecule has 0 fully saturated rings. The van der Waals surface area contributed by atoms with Gasteiger partial charge in [-0.3, -0.25) is 4.98 Å². The normalized spacial score (nSPS) is 15.4. The van der Waals surface area contributed by atoms with Gasteiger partial charge in [-0.25, -0.2) is 4.39 Å². The van der Waals surface area contributed by atoms with E-state index in [1.165, 1.54) is 18.2 Å². The van der Waals surface area contributed by atoms with Gasteiger partial charge in [0, 0.05) is 39.9 Å². The highest BCUT2D eigenvalue weighted by Gasteiger charge is 2.41. The summed E-state index contributed by atoms with van der Waals surface area (Å²) < 4.78 is 98.8. The maximum Gasteiger partial charge on any atom is 0.418 e. The third-order valence-electron chi connectivity index (χ3n) is 5.74. The molecule has 4 nitrogen and oxygen atoms in total. The second-order valence-corrected chi connectivity index (χ2v) is 12.8. The predicted octanol–water partition coefficient (Wildman–Crippen LogP) is 7.04. The number of hydrogen-bond donors (Lipinski definition) is 2. The van der Waals surface area contributed by atoms with E-state index in [2.05, 4.69) is 14.7 Å². The largest absolute Gasteiger partial charge is 0.598 e. The molecule has 3 aromatic rings. The summed E-state index contributed by atoms with van der Waals surface area (Å²) in [5, 5.41) is 0.183. The Kier molecular flexibility index (Phi) is 7.53. The average Bonchev–Trinajstić information content (AvgIpc) is 3.15. The highest BCUT2D eigenvalue weighted by molar-refractivity contribution is 7.90. The molecule has 0 unspecified atom stereocenters. The molecule has 0 aliphatic heterocycles. The number of aromatic nitrogens is 2. The van der Waals surface area contributed by atoms with Crippen molar-refractivity contribution in [1.82, 2.24) is 14.7 Å². The van der Waals surface area contributed by atoms with Gasteiger partial charge in [0.25, 0.3) is 5.92 Å². The fraction of sp³-hybridized carbons (Fsp3) is 0.480. The number of rotatable bonds is 6. The first-order chi connectivity index (χ1) is 16.3. The fourth-order valence-corrected chi connectivity index (χ4v) is 4.81. The van der Waals surface area contributed by atoms with Crippen LogP contribution in [0.15, 0.2) is 36.7 Å². The van der Waals surface area contributed by atoms with Crippen LogP contribution < -0.4 is 4.72 Å². The standard InChI is InChI=1S/C25H29F6N3OS/c1-22(2,3)20(21-17(25(29,30)31)10-15(26)11-33-21)14-7-8-16-18(12-32-19(16)9-14)24(27,28)13-34-36(35)23(4,5)6/h7-12,20,32,34H,13H2,1-6H3/t20-,36-/m0/s1. The number of pyridine rings is 1. The molecule has 0 aliphatic carbocycles. The zero-order valence-corrected chi connectivity index (χ0v) is 21.6. The molecule has 36 heavy (non-hydrogen) atoms. The van der Waals surface area contributed by atoms with E-state index in [0.717, 1.165) is 12.4 Å². The van der Waals surface area contributed by atoms with Crippen LogP contribution in [0.1, 0.15) is 69.8 Å². The Balaban J connectivity index is 2.05. The SMILES string of the molecule is CC(C)(C)[C@@H](c1ccc2c(C(F)(F)CN[S@@+]([O-])C(C)(C)C)c[nH]c2c1)c1ncc(F)cc1C(F)(F)F. The minimum Gasteiger partial charge on any atom is -0.598 e. The molecule has 0 aliphatic rings. The number of H-pyrrole nitrogens is 1. The number of fused-ring (bicyclic) bond motifs is 1. The molecule has 0 spiro atoms. The summed E-state index contributed by atoms with van der Waals surface area (Å²) in [7, 11) is 0. The van der Waals surface area contributed by atoms with E-state index in [4.69, 9.17) is 0 Å². The summed E-state index contributed by atoms with van der Waals surface area (Å²) in [6, 6.07) is 4.83. The maximum absolute atomic E-state index is 15.0. The smallest absolute Gasteiger partial charge is 0.418 e. The fourth-order valence-electron chi connectivity index (χ4n) is 4.07. The van der Waals surface area contributed by atoms with Crippen LogP contribution in [0.3, 0.4) is 0 Å². The molecule has 0 radical (unpaired) electrons. The summed E-state index contributed by atoms with van der Waals surface area (Å²) in [6.45, 7) is 9.30. The lowest BCUT2D eigenvalue weighted by molar-refractivity contribution is -0.139. The van der Waals surface area contributed by atoms with Crippen molar-refractivity contribution in [2.75, 3.05) is 6.54 Å². The van der Waals surface area contributed by atoms with E-state index in [1.54, 1.807) is 41.5 Å². The first-order valence-corrected chi connectivity index (χ1v) is 12.3. The summed E-state index contributed by atoms with van der Waals surface area (Å²) in [5.41, 5.74) is -1.93. The number of nitrogens with zero attached hydrogens (tertiary/aromatic N) is 1. The van der Waals surface area contributed by atoms with Crippen LogP contribution in [-0.4, -0.2) is 25.8 Å². The van der Waals surface area contributed by atoms with Gasteiger partial charge in [-0.15, -0.1) is 4.72 Å². The highest BCUT2D eigenvalue weighted by Crippen LogP contribution is 2.45. The van der Waals surface area contributed by atoms with Gasteiger partial charge in [0.05, 0.1) is 17.5 Å². The minimum atomic E-state index is -4.83. The first kappa shape index (κ1) is 28.3. The van der Waals surface area contributed by atoms with Crippen molar-refractivity contribution in [2.45, 2.75) is 64.3 Å². The molecule has 3 rings (SSSR count). The maximum atomic E-state index is 15.0. The van der Waals surface area contributed by atoms with Crippen molar-refractivity contribution in [3.8, 4) is 0 Å². The van der Waals surface area contributed by atoms with Crippen molar-refractivity contribution < 1.29 is 30.9 Å². The third kappa shape index (κ3) is 6.00. The number of nitrogens with one attached hydrogen (secondary N) is 2. The third-order valence-corrected chi connectivity index (χ3v) is 7.26. The van der Waals surface area contributed by atoms with E-state index in [-0.39, 0.29) is 16.6 Å². The Morgan fingerprint density at radius 2 is 1.64 bits per heavy atom. The molecule has 0 saturated carbocycles. The summed E-state index contributed by atoms with van der Waals surface area (Å²) in [5.74, 6) is -5.39. The van der Waals surface area contributed by atoms with Gasteiger partial charge in [-0.1, -0.05) is 32.9 Å². The van der Waals surface area contributed by atoms with E-state index in [0.29, 0.717) is 17.1 Å². The Bertz CT molecular complexity index is 1230. The highest BCUT2D eigenvalue weighted by atomic mass is 32.2. The van der Waals surface area contributed by atoms with Crippen LogP contribution in [0.4, 0.5) is 26.3 Å². The number of benzene rings is 1. The van der Waals surface area contributed by atoms with Gasteiger partial charge in [0.15, 0.2) is 0 Å². The molecule has 2 N–H and O–H groups in total. The molecule has 2 heterocycles. The second kappa shape index (κ2) is 9.57. The van der Waals surface area contributed by atoms with Crippen LogP contribution in [0.2, 0.25) is 0 Å². The van der Waals surface area contributed by atoms with Gasteiger partial charge >= 0.3 is 6.18 Å². The topological polar surface area (TPSA) is 63.8 Å². The molecular weight excluding hydrogens is 504 g/mol. The van der Waals surface area contributed by atoms with E-state index >= 15 is 8.78 Å². The zero-order chi connectivity index (χ0) is 27.3. The summed E-state index contributed by atoms with van der Waals surface area (Å²) in [6.07, 6.45) is -2.96. The molecule has 0 saturated heterocycles. The minimum absolute atomic E-state index is 0.183. The van der Waals surface area contributed by atoms with Gasteiger partial charge < -0.3 is 9.54 Å². The molecule has 2 atom stereocenters. The van der Waals surface area contributed by atoms with Gasteiger partial charge in [-0.2, -0.15) is 22.0 Å². The van der Waals surface area contributed by atoms with Crippen molar-refractivity contribution >= 4 is 22.3 Å². The Morgan fingerprint density at radius 3 is 2.19 bits per heavy atom. The van der Waals surface area contributed by atoms with Crippen LogP contribution >= 0.6 is 0 Å². The summed E-state index contributed by atoms with van der Waals surface area (Å²) >= 11 is -1.70. The number of aromatic amines is 1. The molecule has 0 amide bonds. The number of alkyl halides is 5. The van der Waals surface area contributed by atoms with Crippen LogP contribution in [0.25, 0.3) is 10.9 Å². The lowest BCUT2D eigenvalue weighted by Crippen LogP contribution is -2.43. The predicted molar refractivity (Wildman–Crippen MR) is 129 cm³/mol. The zero-order valence-electron chi connectivity index (χ0n) is 20.8. The molecule has 11 heteroatoms. The lowest BCUT2D eigenvalue weighted by atomic mass is 9.73. The molecule has 1 aromatic carbocycles. The van der Waals surface area contributed by atoms with Crippen LogP contribution in [0.5, 0.6) is 0 Å². The number of halogens is 6. The van der Waals surface area contributed by atoms with E-state index in [9.17, 15) is 22.1 Å². The Morgan fingerprint density at radius 1 is 1.00 bits per heavy atom. The number of hydrogen-bond acceptors (Lipinski definition) is 3. The van der Waals surface area contributed by atoms with Crippen molar-refractivity contribution in [2.24, 2.45) is 5.41 Å². The summed E-state index contributed by atoms with van der Waals surface area (Å²) in [4.78, 5) is 6.59. The monoisotopic (exact) mass is 533 g/mol. The molecule has 0 bridgehead atoms. The Labute approximate surface area is 209 Å². The van der Waals surface area contributed by atoms with Crippen molar-refractivity contribution in [1.29, 1.82) is 0 Å². The van der Waals surface area contributed by atoms with Crippen LogP contribution in [0, 0.1) is 11.2 Å². The van der Waals surface area contributed by atoms with Crippen LogP contribution in [-0.2, 0) is 23.5 Å².